The van der Waals surface area contributed by atoms with Crippen LogP contribution in [0.15, 0.2) is 16.7 Å². The zero-order valence-electron chi connectivity index (χ0n) is 16.8. The zero-order chi connectivity index (χ0) is 19.9. The molecule has 1 N–H and O–H groups in total. The van der Waals surface area contributed by atoms with Crippen LogP contribution in [0.3, 0.4) is 0 Å². The molecule has 0 aromatic carbocycles. The van der Waals surface area contributed by atoms with Crippen molar-refractivity contribution in [3.8, 4) is 6.01 Å². The number of aliphatic hydroxyl groups is 1. The van der Waals surface area contributed by atoms with E-state index in [2.05, 4.69) is 49.8 Å². The van der Waals surface area contributed by atoms with Crippen molar-refractivity contribution in [2.75, 3.05) is 45.2 Å². The molecule has 2 aromatic rings. The lowest BCUT2D eigenvalue weighted by atomic mass is 9.95. The summed E-state index contributed by atoms with van der Waals surface area (Å²) in [6.45, 7) is 4.87. The van der Waals surface area contributed by atoms with Gasteiger partial charge in [-0.2, -0.15) is 9.97 Å². The number of pyridine rings is 1. The molecule has 2 aliphatic rings. The van der Waals surface area contributed by atoms with E-state index in [-0.39, 0.29) is 5.41 Å². The van der Waals surface area contributed by atoms with E-state index in [1.165, 1.54) is 12.8 Å². The first kappa shape index (κ1) is 19.8. The third-order valence-corrected chi connectivity index (χ3v) is 5.99. The molecule has 4 rings (SSSR count). The number of aromatic nitrogens is 3. The van der Waals surface area contributed by atoms with Crippen LogP contribution in [-0.4, -0.2) is 70.9 Å². The van der Waals surface area contributed by atoms with Crippen LogP contribution in [-0.2, 0) is 0 Å². The number of ether oxygens (including phenoxy) is 1. The van der Waals surface area contributed by atoms with Gasteiger partial charge in [-0.15, -0.1) is 0 Å². The van der Waals surface area contributed by atoms with E-state index in [9.17, 15) is 5.11 Å². The molecule has 1 saturated heterocycles. The average molecular weight is 450 g/mol. The molecule has 0 radical (unpaired) electrons. The van der Waals surface area contributed by atoms with Crippen LogP contribution >= 0.6 is 15.9 Å². The standard InChI is InChI=1S/C20H28BrN5O2/c1-19(27)5-4-8-26(11-19)17-16-15(9-14(21)10-22-16)23-18(24-17)28-13-20(6-7-20)12-25(2)3/h9-10,27H,4-8,11-13H2,1-3H3/t19-/m1/s1. The van der Waals surface area contributed by atoms with E-state index in [0.717, 1.165) is 47.3 Å². The second-order valence-electron chi connectivity index (χ2n) is 8.90. The van der Waals surface area contributed by atoms with Crippen molar-refractivity contribution in [3.63, 3.8) is 0 Å². The third-order valence-electron chi connectivity index (χ3n) is 5.55. The summed E-state index contributed by atoms with van der Waals surface area (Å²) in [7, 11) is 4.19. The summed E-state index contributed by atoms with van der Waals surface area (Å²) in [5.74, 6) is 0.741. The van der Waals surface area contributed by atoms with Crippen LogP contribution in [0, 0.1) is 5.41 Å². The van der Waals surface area contributed by atoms with E-state index in [1.54, 1.807) is 6.20 Å². The highest BCUT2D eigenvalue weighted by Gasteiger charge is 2.44. The Morgan fingerprint density at radius 2 is 2.07 bits per heavy atom. The van der Waals surface area contributed by atoms with Gasteiger partial charge >= 0.3 is 6.01 Å². The molecular formula is C20H28BrN5O2. The molecule has 0 bridgehead atoms. The van der Waals surface area contributed by atoms with Gasteiger partial charge in [0.05, 0.1) is 17.7 Å². The van der Waals surface area contributed by atoms with Crippen molar-refractivity contribution < 1.29 is 9.84 Å². The maximum atomic E-state index is 10.5. The summed E-state index contributed by atoms with van der Waals surface area (Å²) < 4.78 is 6.95. The highest BCUT2D eigenvalue weighted by molar-refractivity contribution is 9.10. The molecule has 0 spiro atoms. The Hall–Kier alpha value is -1.51. The Balaban J connectivity index is 1.64. The van der Waals surface area contributed by atoms with Gasteiger partial charge in [-0.25, -0.2) is 4.98 Å². The predicted molar refractivity (Wildman–Crippen MR) is 113 cm³/mol. The Bertz CT molecular complexity index is 869. The number of halogens is 1. The predicted octanol–water partition coefficient (Wildman–Crippen LogP) is 2.86. The van der Waals surface area contributed by atoms with Crippen molar-refractivity contribution in [1.82, 2.24) is 19.9 Å². The Morgan fingerprint density at radius 1 is 1.29 bits per heavy atom. The minimum Gasteiger partial charge on any atom is -0.463 e. The van der Waals surface area contributed by atoms with Gasteiger partial charge in [0.2, 0.25) is 0 Å². The maximum Gasteiger partial charge on any atom is 0.319 e. The topological polar surface area (TPSA) is 74.6 Å². The minimum atomic E-state index is -0.726. The smallest absolute Gasteiger partial charge is 0.319 e. The van der Waals surface area contributed by atoms with Crippen molar-refractivity contribution in [2.24, 2.45) is 5.41 Å². The molecule has 0 amide bonds. The van der Waals surface area contributed by atoms with E-state index >= 15 is 0 Å². The molecule has 1 aliphatic carbocycles. The van der Waals surface area contributed by atoms with Gasteiger partial charge in [0.1, 0.15) is 5.52 Å². The summed E-state index contributed by atoms with van der Waals surface area (Å²) in [5, 5.41) is 10.5. The van der Waals surface area contributed by atoms with E-state index in [1.807, 2.05) is 13.0 Å². The molecule has 3 heterocycles. The van der Waals surface area contributed by atoms with Crippen molar-refractivity contribution in [1.29, 1.82) is 0 Å². The van der Waals surface area contributed by atoms with Crippen molar-refractivity contribution in [3.05, 3.63) is 16.7 Å². The van der Waals surface area contributed by atoms with Gasteiger partial charge < -0.3 is 19.6 Å². The molecular weight excluding hydrogens is 422 g/mol. The summed E-state index contributed by atoms with van der Waals surface area (Å²) in [5.41, 5.74) is 0.974. The number of nitrogens with zero attached hydrogens (tertiary/aromatic N) is 5. The molecule has 28 heavy (non-hydrogen) atoms. The molecule has 2 aromatic heterocycles. The highest BCUT2D eigenvalue weighted by atomic mass is 79.9. The van der Waals surface area contributed by atoms with Gasteiger partial charge in [0, 0.05) is 35.7 Å². The lowest BCUT2D eigenvalue weighted by molar-refractivity contribution is 0.0447. The molecule has 8 heteroatoms. The maximum absolute atomic E-state index is 10.5. The first-order valence-corrected chi connectivity index (χ1v) is 10.6. The monoisotopic (exact) mass is 449 g/mol. The fourth-order valence-corrected chi connectivity index (χ4v) is 4.38. The Labute approximate surface area is 174 Å². The van der Waals surface area contributed by atoms with Crippen LogP contribution in [0.25, 0.3) is 11.0 Å². The summed E-state index contributed by atoms with van der Waals surface area (Å²) in [6.07, 6.45) is 5.81. The van der Waals surface area contributed by atoms with E-state index < -0.39 is 5.60 Å². The molecule has 2 fully saturated rings. The number of rotatable bonds is 6. The van der Waals surface area contributed by atoms with E-state index in [0.29, 0.717) is 19.2 Å². The van der Waals surface area contributed by atoms with Crippen LogP contribution in [0.4, 0.5) is 5.82 Å². The van der Waals surface area contributed by atoms with Crippen LogP contribution in [0.2, 0.25) is 0 Å². The first-order chi connectivity index (χ1) is 13.3. The molecule has 7 nitrogen and oxygen atoms in total. The first-order valence-electron chi connectivity index (χ1n) is 9.84. The molecule has 1 saturated carbocycles. The SMILES string of the molecule is CN(C)CC1(COc2nc(N3CCC[C@@](C)(O)C3)c3ncc(Br)cc3n2)CC1. The fourth-order valence-electron chi connectivity index (χ4n) is 4.06. The van der Waals surface area contributed by atoms with E-state index in [4.69, 9.17) is 9.72 Å². The number of hydrogen-bond donors (Lipinski definition) is 1. The lowest BCUT2D eigenvalue weighted by Crippen LogP contribution is -2.46. The minimum absolute atomic E-state index is 0.215. The van der Waals surface area contributed by atoms with Gasteiger partial charge in [-0.05, 0) is 68.7 Å². The number of anilines is 1. The quantitative estimate of drug-likeness (QED) is 0.726. The fraction of sp³-hybridized carbons (Fsp3) is 0.650. The average Bonchev–Trinajstić information content (AvgIpc) is 3.37. The van der Waals surface area contributed by atoms with Gasteiger partial charge in [0.15, 0.2) is 5.82 Å². The Morgan fingerprint density at radius 3 is 2.75 bits per heavy atom. The number of β-amino-alcohol motifs (C(OH)–C–C–N with tert-alkyl or cyclic N) is 1. The summed E-state index contributed by atoms with van der Waals surface area (Å²) in [6, 6.07) is 2.33. The normalized spacial score (nSPS) is 24.0. The molecule has 0 unspecified atom stereocenters. The lowest BCUT2D eigenvalue weighted by Gasteiger charge is -2.37. The van der Waals surface area contributed by atoms with Crippen LogP contribution < -0.4 is 9.64 Å². The van der Waals surface area contributed by atoms with Crippen molar-refractivity contribution >= 4 is 32.8 Å². The number of piperidine rings is 1. The molecule has 1 atom stereocenters. The number of fused-ring (bicyclic) bond motifs is 1. The molecule has 152 valence electrons. The highest BCUT2D eigenvalue weighted by Crippen LogP contribution is 2.46. The number of hydrogen-bond acceptors (Lipinski definition) is 7. The van der Waals surface area contributed by atoms with Gasteiger partial charge in [0.25, 0.3) is 0 Å². The van der Waals surface area contributed by atoms with Gasteiger partial charge in [-0.1, -0.05) is 0 Å². The third kappa shape index (κ3) is 4.39. The van der Waals surface area contributed by atoms with Crippen LogP contribution in [0.1, 0.15) is 32.6 Å². The summed E-state index contributed by atoms with van der Waals surface area (Å²) in [4.78, 5) is 18.2. The zero-order valence-corrected chi connectivity index (χ0v) is 18.4. The molecule has 1 aliphatic heterocycles. The Kier molecular flexibility index (Phi) is 5.22. The van der Waals surface area contributed by atoms with Crippen molar-refractivity contribution in [2.45, 2.75) is 38.2 Å². The largest absolute Gasteiger partial charge is 0.463 e. The summed E-state index contributed by atoms with van der Waals surface area (Å²) >= 11 is 3.48. The second-order valence-corrected chi connectivity index (χ2v) is 9.82. The van der Waals surface area contributed by atoms with Crippen LogP contribution in [0.5, 0.6) is 6.01 Å². The van der Waals surface area contributed by atoms with Gasteiger partial charge in [-0.3, -0.25) is 0 Å². The second kappa shape index (κ2) is 7.39.